The summed E-state index contributed by atoms with van der Waals surface area (Å²) >= 11 is 0. The SMILES string of the molecule is COC(=O)C(C)(C)CNCc1cc(C)oc1C. The average Bonchev–Trinajstić information content (AvgIpc) is 2.56. The van der Waals surface area contributed by atoms with E-state index < -0.39 is 5.41 Å². The Morgan fingerprint density at radius 1 is 1.47 bits per heavy atom. The lowest BCUT2D eigenvalue weighted by atomic mass is 9.94. The van der Waals surface area contributed by atoms with E-state index in [1.165, 1.54) is 7.11 Å². The Balaban J connectivity index is 2.48. The summed E-state index contributed by atoms with van der Waals surface area (Å²) in [6, 6.07) is 2.01. The van der Waals surface area contributed by atoms with Crippen LogP contribution in [0, 0.1) is 19.3 Å². The molecule has 4 nitrogen and oxygen atoms in total. The number of esters is 1. The monoisotopic (exact) mass is 239 g/mol. The van der Waals surface area contributed by atoms with Crippen LogP contribution in [0.5, 0.6) is 0 Å². The Labute approximate surface area is 102 Å². The first-order valence-corrected chi connectivity index (χ1v) is 5.72. The molecule has 0 fully saturated rings. The number of aryl methyl sites for hydroxylation is 2. The quantitative estimate of drug-likeness (QED) is 0.800. The van der Waals surface area contributed by atoms with Gasteiger partial charge in [-0.05, 0) is 33.8 Å². The van der Waals surface area contributed by atoms with E-state index in [1.807, 2.05) is 33.8 Å². The second-order valence-electron chi connectivity index (χ2n) is 4.92. The molecule has 0 bridgehead atoms. The lowest BCUT2D eigenvalue weighted by Crippen LogP contribution is -2.36. The molecule has 0 aliphatic rings. The third-order valence-corrected chi connectivity index (χ3v) is 2.76. The summed E-state index contributed by atoms with van der Waals surface area (Å²) in [7, 11) is 1.41. The molecule has 0 spiro atoms. The molecule has 0 saturated carbocycles. The van der Waals surface area contributed by atoms with Gasteiger partial charge in [0, 0.05) is 18.7 Å². The van der Waals surface area contributed by atoms with Gasteiger partial charge in [0.05, 0.1) is 12.5 Å². The molecule has 1 aromatic heterocycles. The molecule has 1 heterocycles. The second-order valence-corrected chi connectivity index (χ2v) is 4.92. The van der Waals surface area contributed by atoms with Gasteiger partial charge in [-0.2, -0.15) is 0 Å². The highest BCUT2D eigenvalue weighted by molar-refractivity contribution is 5.76. The van der Waals surface area contributed by atoms with E-state index in [9.17, 15) is 4.79 Å². The number of ether oxygens (including phenoxy) is 1. The number of hydrogen-bond acceptors (Lipinski definition) is 4. The highest BCUT2D eigenvalue weighted by Gasteiger charge is 2.28. The first kappa shape index (κ1) is 13.8. The first-order valence-electron chi connectivity index (χ1n) is 5.72. The molecule has 0 atom stereocenters. The molecule has 17 heavy (non-hydrogen) atoms. The van der Waals surface area contributed by atoms with E-state index in [0.29, 0.717) is 13.1 Å². The lowest BCUT2D eigenvalue weighted by molar-refractivity contribution is -0.150. The zero-order valence-electron chi connectivity index (χ0n) is 11.2. The Kier molecular flexibility index (Phi) is 4.34. The van der Waals surface area contributed by atoms with Crippen molar-refractivity contribution >= 4 is 5.97 Å². The van der Waals surface area contributed by atoms with Gasteiger partial charge in [0.15, 0.2) is 0 Å². The molecular weight excluding hydrogens is 218 g/mol. The Morgan fingerprint density at radius 3 is 2.59 bits per heavy atom. The zero-order chi connectivity index (χ0) is 13.1. The maximum atomic E-state index is 11.5. The molecule has 0 aromatic carbocycles. The van der Waals surface area contributed by atoms with Gasteiger partial charge >= 0.3 is 5.97 Å². The summed E-state index contributed by atoms with van der Waals surface area (Å²) in [6.45, 7) is 8.86. The summed E-state index contributed by atoms with van der Waals surface area (Å²) in [6.07, 6.45) is 0. The van der Waals surface area contributed by atoms with Gasteiger partial charge in [-0.3, -0.25) is 4.79 Å². The summed E-state index contributed by atoms with van der Waals surface area (Å²) in [5.74, 6) is 1.63. The normalized spacial score (nSPS) is 11.6. The Hall–Kier alpha value is -1.29. The minimum Gasteiger partial charge on any atom is -0.469 e. The minimum absolute atomic E-state index is 0.204. The van der Waals surface area contributed by atoms with Crippen LogP contribution in [0.1, 0.15) is 30.9 Å². The van der Waals surface area contributed by atoms with Crippen molar-refractivity contribution in [2.45, 2.75) is 34.2 Å². The maximum Gasteiger partial charge on any atom is 0.312 e. The number of carbonyl (C=O) groups excluding carboxylic acids is 1. The van der Waals surface area contributed by atoms with Crippen molar-refractivity contribution in [3.8, 4) is 0 Å². The van der Waals surface area contributed by atoms with E-state index in [1.54, 1.807) is 0 Å². The van der Waals surface area contributed by atoms with E-state index in [-0.39, 0.29) is 5.97 Å². The van der Waals surface area contributed by atoms with Gasteiger partial charge in [-0.1, -0.05) is 0 Å². The standard InChI is InChI=1S/C13H21NO3/c1-9-6-11(10(2)17-9)7-14-8-13(3,4)12(15)16-5/h6,14H,7-8H2,1-5H3. The van der Waals surface area contributed by atoms with Crippen molar-refractivity contribution < 1.29 is 13.9 Å². The fourth-order valence-corrected chi connectivity index (χ4v) is 1.72. The van der Waals surface area contributed by atoms with Crippen LogP contribution in [0.4, 0.5) is 0 Å². The number of methoxy groups -OCH3 is 1. The van der Waals surface area contributed by atoms with Gasteiger partial charge in [0.25, 0.3) is 0 Å². The van der Waals surface area contributed by atoms with Crippen LogP contribution >= 0.6 is 0 Å². The van der Waals surface area contributed by atoms with Crippen molar-refractivity contribution in [1.82, 2.24) is 5.32 Å². The number of hydrogen-bond donors (Lipinski definition) is 1. The average molecular weight is 239 g/mol. The van der Waals surface area contributed by atoms with Crippen LogP contribution in [0.3, 0.4) is 0 Å². The van der Waals surface area contributed by atoms with Gasteiger partial charge < -0.3 is 14.5 Å². The van der Waals surface area contributed by atoms with Crippen molar-refractivity contribution in [2.24, 2.45) is 5.41 Å². The van der Waals surface area contributed by atoms with Crippen LogP contribution in [0.25, 0.3) is 0 Å². The lowest BCUT2D eigenvalue weighted by Gasteiger charge is -2.21. The number of furan rings is 1. The second kappa shape index (κ2) is 5.36. The molecule has 1 N–H and O–H groups in total. The molecule has 1 rings (SSSR count). The van der Waals surface area contributed by atoms with E-state index in [4.69, 9.17) is 9.15 Å². The van der Waals surface area contributed by atoms with E-state index in [2.05, 4.69) is 5.32 Å². The molecule has 0 unspecified atom stereocenters. The van der Waals surface area contributed by atoms with Crippen molar-refractivity contribution in [1.29, 1.82) is 0 Å². The van der Waals surface area contributed by atoms with Gasteiger partial charge in [-0.25, -0.2) is 0 Å². The molecular formula is C13H21NO3. The van der Waals surface area contributed by atoms with Crippen LogP contribution in [0.15, 0.2) is 10.5 Å². The first-order chi connectivity index (χ1) is 7.86. The Morgan fingerprint density at radius 2 is 2.12 bits per heavy atom. The van der Waals surface area contributed by atoms with Crippen molar-refractivity contribution in [3.05, 3.63) is 23.2 Å². The molecule has 0 amide bonds. The maximum absolute atomic E-state index is 11.5. The molecule has 0 saturated heterocycles. The smallest absolute Gasteiger partial charge is 0.312 e. The van der Waals surface area contributed by atoms with Gasteiger partial charge in [0.2, 0.25) is 0 Å². The largest absolute Gasteiger partial charge is 0.469 e. The van der Waals surface area contributed by atoms with E-state index in [0.717, 1.165) is 17.1 Å². The third-order valence-electron chi connectivity index (χ3n) is 2.76. The fourth-order valence-electron chi connectivity index (χ4n) is 1.72. The molecule has 0 aliphatic carbocycles. The van der Waals surface area contributed by atoms with Gasteiger partial charge in [-0.15, -0.1) is 0 Å². The summed E-state index contributed by atoms with van der Waals surface area (Å²) in [5.41, 5.74) is 0.615. The minimum atomic E-state index is -0.512. The van der Waals surface area contributed by atoms with Crippen molar-refractivity contribution in [2.75, 3.05) is 13.7 Å². The van der Waals surface area contributed by atoms with Crippen LogP contribution in [0.2, 0.25) is 0 Å². The van der Waals surface area contributed by atoms with E-state index >= 15 is 0 Å². The predicted molar refractivity (Wildman–Crippen MR) is 65.7 cm³/mol. The van der Waals surface area contributed by atoms with Crippen LogP contribution in [-0.2, 0) is 16.1 Å². The molecule has 0 aliphatic heterocycles. The fraction of sp³-hybridized carbons (Fsp3) is 0.615. The number of rotatable bonds is 5. The van der Waals surface area contributed by atoms with Gasteiger partial charge in [0.1, 0.15) is 11.5 Å². The number of carbonyl (C=O) groups is 1. The topological polar surface area (TPSA) is 51.5 Å². The Bertz CT molecular complexity index is 393. The molecule has 1 aromatic rings. The summed E-state index contributed by atoms with van der Waals surface area (Å²) < 4.78 is 10.2. The predicted octanol–water partition coefficient (Wildman–Crippen LogP) is 2.19. The van der Waals surface area contributed by atoms with Crippen LogP contribution in [-0.4, -0.2) is 19.6 Å². The molecule has 4 heteroatoms. The van der Waals surface area contributed by atoms with Crippen LogP contribution < -0.4 is 5.32 Å². The number of nitrogens with one attached hydrogen (secondary N) is 1. The van der Waals surface area contributed by atoms with Crippen molar-refractivity contribution in [3.63, 3.8) is 0 Å². The molecule has 0 radical (unpaired) electrons. The highest BCUT2D eigenvalue weighted by atomic mass is 16.5. The summed E-state index contributed by atoms with van der Waals surface area (Å²) in [4.78, 5) is 11.5. The molecule has 96 valence electrons. The summed E-state index contributed by atoms with van der Waals surface area (Å²) in [5, 5.41) is 3.25. The highest BCUT2D eigenvalue weighted by Crippen LogP contribution is 2.17. The zero-order valence-corrected chi connectivity index (χ0v) is 11.2. The third kappa shape index (κ3) is 3.60.